The van der Waals surface area contributed by atoms with Gasteiger partial charge in [0.05, 0.1) is 12.6 Å². The summed E-state index contributed by atoms with van der Waals surface area (Å²) in [5.41, 5.74) is 0.312. The number of likely N-dealkylation sites (tertiary alicyclic amines) is 1. The van der Waals surface area contributed by atoms with Crippen molar-refractivity contribution >= 4 is 18.2 Å². The topological polar surface area (TPSA) is 91.4 Å². The Balaban J connectivity index is 1.90. The molecule has 0 aromatic heterocycles. The first-order valence-corrected chi connectivity index (χ1v) is 12.6. The van der Waals surface area contributed by atoms with E-state index in [1.54, 1.807) is 65.8 Å². The van der Waals surface area contributed by atoms with Crippen molar-refractivity contribution in [3.05, 3.63) is 59.7 Å². The summed E-state index contributed by atoms with van der Waals surface area (Å²) in [6, 6.07) is 9.95. The van der Waals surface area contributed by atoms with E-state index < -0.39 is 59.3 Å². The van der Waals surface area contributed by atoms with Gasteiger partial charge in [-0.05, 0) is 76.8 Å². The number of esters is 1. The number of hydrogen-bond donors (Lipinski definition) is 0. The molecule has 39 heavy (non-hydrogen) atoms. The normalized spacial score (nSPS) is 19.4. The minimum absolute atomic E-state index is 0.0797. The molecule has 0 unspecified atom stereocenters. The Morgan fingerprint density at radius 2 is 1.44 bits per heavy atom. The van der Waals surface area contributed by atoms with Crippen molar-refractivity contribution in [2.45, 2.75) is 84.3 Å². The number of amides is 1. The second-order valence-corrected chi connectivity index (χ2v) is 11.4. The van der Waals surface area contributed by atoms with E-state index in [-0.39, 0.29) is 13.0 Å². The Kier molecular flexibility index (Phi) is 8.87. The predicted molar refractivity (Wildman–Crippen MR) is 139 cm³/mol. The fourth-order valence-corrected chi connectivity index (χ4v) is 4.21. The number of hydrogen-bond acceptors (Lipinski definition) is 7. The van der Waals surface area contributed by atoms with E-state index in [2.05, 4.69) is 0 Å². The number of carbonyl (C=O) groups is 3. The quantitative estimate of drug-likeness (QED) is 0.333. The lowest BCUT2D eigenvalue weighted by atomic mass is 9.98. The molecule has 3 rings (SSSR count). The van der Waals surface area contributed by atoms with Crippen molar-refractivity contribution in [1.82, 2.24) is 4.90 Å². The lowest BCUT2D eigenvalue weighted by Gasteiger charge is -2.30. The van der Waals surface area contributed by atoms with Gasteiger partial charge in [-0.25, -0.2) is 18.4 Å². The molecule has 0 aliphatic carbocycles. The minimum Gasteiger partial charge on any atom is -0.456 e. The van der Waals surface area contributed by atoms with Crippen LogP contribution in [0.25, 0.3) is 11.1 Å². The van der Waals surface area contributed by atoms with Gasteiger partial charge in [-0.15, -0.1) is 0 Å². The van der Waals surface area contributed by atoms with Crippen LogP contribution in [-0.4, -0.2) is 59.1 Å². The summed E-state index contributed by atoms with van der Waals surface area (Å²) < 4.78 is 49.0. The van der Waals surface area contributed by atoms with E-state index in [9.17, 15) is 23.2 Å². The SMILES string of the molecule is CC(=O)O[C@@H]1[C@@H](OC(=O)OC(C)(C)C)CN(C(=O)OC(C)(C)C)[C@@H]1Cc1ccc(-c2ccc(F)c(F)c2)cc1. The number of carbonyl (C=O) groups excluding carboxylic acids is 3. The summed E-state index contributed by atoms with van der Waals surface area (Å²) in [7, 11) is 0. The molecule has 2 aromatic rings. The summed E-state index contributed by atoms with van der Waals surface area (Å²) >= 11 is 0. The molecule has 1 amide bonds. The van der Waals surface area contributed by atoms with Crippen LogP contribution in [0.3, 0.4) is 0 Å². The third kappa shape index (κ3) is 8.40. The van der Waals surface area contributed by atoms with E-state index >= 15 is 0 Å². The standard InChI is InChI=1S/C29H35F2NO7/c1-17(33)36-25-23(14-18-8-10-19(11-9-18)20-12-13-21(30)22(31)15-20)32(26(34)38-28(2,3)4)16-24(25)37-27(35)39-29(5,6)7/h8-13,15,23-25H,14,16H2,1-7H3/t23-,24+,25+/m1/s1. The Hall–Kier alpha value is -3.69. The van der Waals surface area contributed by atoms with Crippen molar-refractivity contribution in [1.29, 1.82) is 0 Å². The molecule has 0 radical (unpaired) electrons. The molecule has 0 N–H and O–H groups in total. The van der Waals surface area contributed by atoms with Crippen LogP contribution >= 0.6 is 0 Å². The second kappa shape index (κ2) is 11.6. The highest BCUT2D eigenvalue weighted by Crippen LogP contribution is 2.31. The highest BCUT2D eigenvalue weighted by molar-refractivity contribution is 5.71. The van der Waals surface area contributed by atoms with Gasteiger partial charge >= 0.3 is 18.2 Å². The largest absolute Gasteiger partial charge is 0.509 e. The summed E-state index contributed by atoms with van der Waals surface area (Å²) in [5, 5.41) is 0. The maximum absolute atomic E-state index is 13.7. The van der Waals surface area contributed by atoms with Crippen molar-refractivity contribution < 1.29 is 42.1 Å². The van der Waals surface area contributed by atoms with Gasteiger partial charge < -0.3 is 18.9 Å². The monoisotopic (exact) mass is 547 g/mol. The fourth-order valence-electron chi connectivity index (χ4n) is 4.21. The molecule has 8 nitrogen and oxygen atoms in total. The van der Waals surface area contributed by atoms with Gasteiger partial charge in [-0.3, -0.25) is 9.69 Å². The molecule has 10 heteroatoms. The summed E-state index contributed by atoms with van der Waals surface area (Å²) in [6.45, 7) is 11.4. The van der Waals surface area contributed by atoms with Gasteiger partial charge in [0.15, 0.2) is 23.8 Å². The Morgan fingerprint density at radius 1 is 0.846 bits per heavy atom. The minimum atomic E-state index is -0.997. The van der Waals surface area contributed by atoms with Crippen molar-refractivity contribution in [3.8, 4) is 11.1 Å². The molecular weight excluding hydrogens is 512 g/mol. The molecule has 1 fully saturated rings. The van der Waals surface area contributed by atoms with Crippen LogP contribution in [-0.2, 0) is 30.2 Å². The predicted octanol–water partition coefficient (Wildman–Crippen LogP) is 6.05. The molecular formula is C29H35F2NO7. The molecule has 2 aromatic carbocycles. The van der Waals surface area contributed by atoms with Crippen LogP contribution in [0, 0.1) is 11.6 Å². The lowest BCUT2D eigenvalue weighted by Crippen LogP contribution is -2.45. The maximum atomic E-state index is 13.7. The van der Waals surface area contributed by atoms with Gasteiger partial charge in [0, 0.05) is 6.92 Å². The first-order valence-electron chi connectivity index (χ1n) is 12.6. The van der Waals surface area contributed by atoms with E-state index in [0.717, 1.165) is 17.7 Å². The van der Waals surface area contributed by atoms with E-state index in [0.29, 0.717) is 11.1 Å². The van der Waals surface area contributed by atoms with Gasteiger partial charge in [-0.2, -0.15) is 0 Å². The van der Waals surface area contributed by atoms with Gasteiger partial charge in [0.25, 0.3) is 0 Å². The molecule has 0 spiro atoms. The Bertz CT molecular complexity index is 1200. The molecule has 212 valence electrons. The highest BCUT2D eigenvalue weighted by atomic mass is 19.2. The average Bonchev–Trinajstić information content (AvgIpc) is 3.10. The summed E-state index contributed by atoms with van der Waals surface area (Å²) in [6.07, 6.45) is -3.37. The second-order valence-electron chi connectivity index (χ2n) is 11.4. The molecule has 1 heterocycles. The first kappa shape index (κ1) is 29.9. The Labute approximate surface area is 227 Å². The van der Waals surface area contributed by atoms with Crippen LogP contribution in [0.1, 0.15) is 54.0 Å². The van der Waals surface area contributed by atoms with E-state index in [1.165, 1.54) is 17.9 Å². The zero-order valence-electron chi connectivity index (χ0n) is 23.2. The van der Waals surface area contributed by atoms with E-state index in [4.69, 9.17) is 18.9 Å². The van der Waals surface area contributed by atoms with Gasteiger partial charge in [0.2, 0.25) is 0 Å². The highest BCUT2D eigenvalue weighted by Gasteiger charge is 2.49. The van der Waals surface area contributed by atoms with Crippen molar-refractivity contribution in [3.63, 3.8) is 0 Å². The smallest absolute Gasteiger partial charge is 0.456 e. The number of nitrogens with zero attached hydrogens (tertiary/aromatic N) is 1. The van der Waals surface area contributed by atoms with Crippen LogP contribution in [0.5, 0.6) is 0 Å². The lowest BCUT2D eigenvalue weighted by molar-refractivity contribution is -0.153. The number of rotatable bonds is 5. The van der Waals surface area contributed by atoms with Crippen LogP contribution in [0.4, 0.5) is 18.4 Å². The van der Waals surface area contributed by atoms with Crippen LogP contribution in [0.15, 0.2) is 42.5 Å². The molecule has 1 saturated heterocycles. The van der Waals surface area contributed by atoms with Crippen LogP contribution in [0.2, 0.25) is 0 Å². The van der Waals surface area contributed by atoms with Crippen LogP contribution < -0.4 is 0 Å². The average molecular weight is 548 g/mol. The van der Waals surface area contributed by atoms with Gasteiger partial charge in [-0.1, -0.05) is 30.3 Å². The molecule has 0 bridgehead atoms. The van der Waals surface area contributed by atoms with Crippen molar-refractivity contribution in [2.75, 3.05) is 6.54 Å². The zero-order chi connectivity index (χ0) is 29.1. The first-order chi connectivity index (χ1) is 18.0. The third-order valence-electron chi connectivity index (χ3n) is 5.74. The zero-order valence-corrected chi connectivity index (χ0v) is 23.2. The maximum Gasteiger partial charge on any atom is 0.509 e. The van der Waals surface area contributed by atoms with Gasteiger partial charge in [0.1, 0.15) is 11.2 Å². The Morgan fingerprint density at radius 3 is 1.97 bits per heavy atom. The summed E-state index contributed by atoms with van der Waals surface area (Å²) in [5.74, 6) is -2.49. The van der Waals surface area contributed by atoms with E-state index in [1.807, 2.05) is 0 Å². The molecule has 0 saturated carbocycles. The number of halogens is 2. The summed E-state index contributed by atoms with van der Waals surface area (Å²) in [4.78, 5) is 39.1. The number of benzene rings is 2. The third-order valence-corrected chi connectivity index (χ3v) is 5.74. The van der Waals surface area contributed by atoms with Crippen molar-refractivity contribution in [2.24, 2.45) is 0 Å². The molecule has 1 aliphatic heterocycles. The molecule has 1 aliphatic rings. The number of ether oxygens (including phenoxy) is 4. The fraction of sp³-hybridized carbons (Fsp3) is 0.483. The molecule has 3 atom stereocenters.